The summed E-state index contributed by atoms with van der Waals surface area (Å²) in [5.74, 6) is 1.44. The number of benzene rings is 1. The van der Waals surface area contributed by atoms with Gasteiger partial charge in [0.15, 0.2) is 18.1 Å². The van der Waals surface area contributed by atoms with E-state index in [-0.39, 0.29) is 12.5 Å². The highest BCUT2D eigenvalue weighted by Gasteiger charge is 2.35. The summed E-state index contributed by atoms with van der Waals surface area (Å²) in [5, 5.41) is 0. The van der Waals surface area contributed by atoms with Crippen molar-refractivity contribution < 1.29 is 23.8 Å². The van der Waals surface area contributed by atoms with Gasteiger partial charge in [-0.2, -0.15) is 0 Å². The first-order chi connectivity index (χ1) is 14.2. The lowest BCUT2D eigenvalue weighted by molar-refractivity contribution is -0.151. The van der Waals surface area contributed by atoms with Gasteiger partial charge in [0.1, 0.15) is 0 Å². The lowest BCUT2D eigenvalue weighted by Gasteiger charge is -2.44. The number of hydrogen-bond acceptors (Lipinski definition) is 5. The molecule has 2 atom stereocenters. The van der Waals surface area contributed by atoms with E-state index in [0.717, 1.165) is 37.1 Å². The van der Waals surface area contributed by atoms with Gasteiger partial charge < -0.3 is 19.1 Å². The van der Waals surface area contributed by atoms with E-state index in [1.54, 1.807) is 6.08 Å². The molecule has 1 amide bonds. The summed E-state index contributed by atoms with van der Waals surface area (Å²) in [6.45, 7) is 1.85. The predicted molar refractivity (Wildman–Crippen MR) is 109 cm³/mol. The minimum absolute atomic E-state index is 0.0704. The molecule has 1 aromatic rings. The molecule has 0 bridgehead atoms. The summed E-state index contributed by atoms with van der Waals surface area (Å²) in [4.78, 5) is 26.7. The van der Waals surface area contributed by atoms with Gasteiger partial charge in [0.05, 0.1) is 13.2 Å². The molecule has 6 nitrogen and oxygen atoms in total. The minimum Gasteiger partial charge on any atom is -0.490 e. The second-order valence-corrected chi connectivity index (χ2v) is 8.04. The van der Waals surface area contributed by atoms with Crippen LogP contribution in [-0.2, 0) is 14.3 Å². The number of rotatable bonds is 4. The zero-order chi connectivity index (χ0) is 20.1. The normalized spacial score (nSPS) is 23.9. The van der Waals surface area contributed by atoms with E-state index in [0.29, 0.717) is 30.9 Å². The first-order valence-electron chi connectivity index (χ1n) is 10.7. The third-order valence-corrected chi connectivity index (χ3v) is 6.08. The van der Waals surface area contributed by atoms with Crippen LogP contribution in [0.3, 0.4) is 0 Å². The molecule has 0 unspecified atom stereocenters. The van der Waals surface area contributed by atoms with Gasteiger partial charge in [0.2, 0.25) is 0 Å². The molecule has 6 heteroatoms. The van der Waals surface area contributed by atoms with Crippen LogP contribution in [0.2, 0.25) is 0 Å². The van der Waals surface area contributed by atoms with Crippen LogP contribution in [0.5, 0.6) is 11.5 Å². The zero-order valence-electron chi connectivity index (χ0n) is 16.8. The maximum atomic E-state index is 12.6. The number of carbonyl (C=O) groups is 2. The first kappa shape index (κ1) is 19.8. The van der Waals surface area contributed by atoms with E-state index in [4.69, 9.17) is 14.2 Å². The predicted octanol–water partition coefficient (Wildman–Crippen LogP) is 3.59. The van der Waals surface area contributed by atoms with E-state index in [2.05, 4.69) is 0 Å². The Labute approximate surface area is 171 Å². The largest absolute Gasteiger partial charge is 0.490 e. The average molecular weight is 399 g/mol. The smallest absolute Gasteiger partial charge is 0.331 e. The van der Waals surface area contributed by atoms with Crippen molar-refractivity contribution in [3.05, 3.63) is 29.8 Å². The van der Waals surface area contributed by atoms with E-state index in [9.17, 15) is 9.59 Å². The van der Waals surface area contributed by atoms with Crippen LogP contribution >= 0.6 is 0 Å². The Bertz CT molecular complexity index is 773. The Balaban J connectivity index is 1.29. The second kappa shape index (κ2) is 9.33. The van der Waals surface area contributed by atoms with E-state index < -0.39 is 5.97 Å². The lowest BCUT2D eigenvalue weighted by Crippen LogP contribution is -2.50. The molecule has 156 valence electrons. The monoisotopic (exact) mass is 399 g/mol. The van der Waals surface area contributed by atoms with Crippen molar-refractivity contribution in [2.24, 2.45) is 5.92 Å². The second-order valence-electron chi connectivity index (χ2n) is 8.04. The summed E-state index contributed by atoms with van der Waals surface area (Å²) in [6, 6.07) is 5.87. The molecule has 2 aliphatic heterocycles. The minimum atomic E-state index is -0.511. The van der Waals surface area contributed by atoms with Gasteiger partial charge in [-0.25, -0.2) is 4.79 Å². The van der Waals surface area contributed by atoms with Crippen molar-refractivity contribution in [3.63, 3.8) is 0 Å². The molecule has 1 saturated heterocycles. The summed E-state index contributed by atoms with van der Waals surface area (Å²) in [6.07, 6.45) is 10.9. The number of hydrogen-bond donors (Lipinski definition) is 0. The number of amides is 1. The Kier molecular flexibility index (Phi) is 6.37. The van der Waals surface area contributed by atoms with Crippen LogP contribution < -0.4 is 9.47 Å². The molecule has 0 spiro atoms. The molecule has 1 aliphatic carbocycles. The van der Waals surface area contributed by atoms with Gasteiger partial charge >= 0.3 is 5.97 Å². The molecule has 2 heterocycles. The molecule has 3 aliphatic rings. The SMILES string of the molecule is O=C(/C=C/c1ccc2c(c1)OCCCO2)OCC(=O)N1CCC[C@@H]2CCCC[C@@H]21. The van der Waals surface area contributed by atoms with Gasteiger partial charge in [-0.15, -0.1) is 0 Å². The van der Waals surface area contributed by atoms with E-state index in [1.807, 2.05) is 23.1 Å². The lowest BCUT2D eigenvalue weighted by atomic mass is 9.78. The van der Waals surface area contributed by atoms with Gasteiger partial charge in [0, 0.05) is 25.1 Å². The van der Waals surface area contributed by atoms with Crippen LogP contribution in [0.4, 0.5) is 0 Å². The number of ether oxygens (including phenoxy) is 3. The van der Waals surface area contributed by atoms with Crippen LogP contribution in [0, 0.1) is 5.92 Å². The average Bonchev–Trinajstić information content (AvgIpc) is 3.00. The fourth-order valence-corrected chi connectivity index (χ4v) is 4.65. The topological polar surface area (TPSA) is 65.1 Å². The maximum absolute atomic E-state index is 12.6. The summed E-state index contributed by atoms with van der Waals surface area (Å²) in [5.41, 5.74) is 0.818. The number of likely N-dealkylation sites (tertiary alicyclic amines) is 1. The molecule has 4 rings (SSSR count). The maximum Gasteiger partial charge on any atom is 0.331 e. The molecule has 0 N–H and O–H groups in total. The van der Waals surface area contributed by atoms with Crippen LogP contribution in [0.15, 0.2) is 24.3 Å². The van der Waals surface area contributed by atoms with Gasteiger partial charge in [0.25, 0.3) is 5.91 Å². The fraction of sp³-hybridized carbons (Fsp3) is 0.565. The summed E-state index contributed by atoms with van der Waals surface area (Å²) >= 11 is 0. The van der Waals surface area contributed by atoms with Crippen molar-refractivity contribution in [1.29, 1.82) is 0 Å². The molecule has 2 fully saturated rings. The van der Waals surface area contributed by atoms with Crippen LogP contribution in [0.25, 0.3) is 6.08 Å². The highest BCUT2D eigenvalue weighted by Crippen LogP contribution is 2.35. The molecule has 29 heavy (non-hydrogen) atoms. The van der Waals surface area contributed by atoms with E-state index in [1.165, 1.54) is 31.8 Å². The third-order valence-electron chi connectivity index (χ3n) is 6.08. The van der Waals surface area contributed by atoms with Crippen molar-refractivity contribution in [2.75, 3.05) is 26.4 Å². The molecule has 0 aromatic heterocycles. The third kappa shape index (κ3) is 4.92. The fourth-order valence-electron chi connectivity index (χ4n) is 4.65. The number of carbonyl (C=O) groups excluding carboxylic acids is 2. The summed E-state index contributed by atoms with van der Waals surface area (Å²) < 4.78 is 16.5. The van der Waals surface area contributed by atoms with Crippen molar-refractivity contribution in [3.8, 4) is 11.5 Å². The van der Waals surface area contributed by atoms with Crippen molar-refractivity contribution in [2.45, 2.75) is 51.0 Å². The number of piperidine rings is 1. The Morgan fingerprint density at radius 2 is 1.83 bits per heavy atom. The Morgan fingerprint density at radius 1 is 1.03 bits per heavy atom. The zero-order valence-corrected chi connectivity index (χ0v) is 16.8. The van der Waals surface area contributed by atoms with E-state index >= 15 is 0 Å². The van der Waals surface area contributed by atoms with Crippen molar-refractivity contribution in [1.82, 2.24) is 4.90 Å². The van der Waals surface area contributed by atoms with Gasteiger partial charge in [-0.05, 0) is 55.4 Å². The Morgan fingerprint density at radius 3 is 2.72 bits per heavy atom. The van der Waals surface area contributed by atoms with Crippen LogP contribution in [-0.4, -0.2) is 49.2 Å². The molecular weight excluding hydrogens is 370 g/mol. The van der Waals surface area contributed by atoms with Gasteiger partial charge in [-0.1, -0.05) is 18.9 Å². The quantitative estimate of drug-likeness (QED) is 0.572. The number of nitrogens with zero attached hydrogens (tertiary/aromatic N) is 1. The van der Waals surface area contributed by atoms with Gasteiger partial charge in [-0.3, -0.25) is 4.79 Å². The number of fused-ring (bicyclic) bond motifs is 2. The molecular formula is C23H29NO5. The van der Waals surface area contributed by atoms with Crippen molar-refractivity contribution >= 4 is 18.0 Å². The standard InChI is InChI=1S/C23H29NO5/c25-22(24-12-3-6-18-5-1-2-7-19(18)24)16-29-23(26)11-9-17-8-10-20-21(15-17)28-14-4-13-27-20/h8-11,15,18-19H,1-7,12-14,16H2/b11-9+/t18-,19-/m0/s1. The first-order valence-corrected chi connectivity index (χ1v) is 10.7. The number of esters is 1. The van der Waals surface area contributed by atoms with Crippen LogP contribution in [0.1, 0.15) is 50.5 Å². The molecule has 0 radical (unpaired) electrons. The molecule has 1 aromatic carbocycles. The highest BCUT2D eigenvalue weighted by molar-refractivity contribution is 5.89. The molecule has 1 saturated carbocycles. The summed E-state index contributed by atoms with van der Waals surface area (Å²) in [7, 11) is 0. The Hall–Kier alpha value is -2.50. The highest BCUT2D eigenvalue weighted by atomic mass is 16.5.